The van der Waals surface area contributed by atoms with Crippen LogP contribution in [0.5, 0.6) is 0 Å². The van der Waals surface area contributed by atoms with Crippen LogP contribution in [0.15, 0.2) is 61.1 Å². The van der Waals surface area contributed by atoms with Crippen molar-refractivity contribution in [3.8, 4) is 11.4 Å². The fraction of sp³-hybridized carbons (Fsp3) is 0.130. The van der Waals surface area contributed by atoms with E-state index in [1.54, 1.807) is 10.9 Å². The van der Waals surface area contributed by atoms with E-state index >= 15 is 0 Å². The Balaban J connectivity index is 1.25. The highest BCUT2D eigenvalue weighted by Crippen LogP contribution is 2.19. The van der Waals surface area contributed by atoms with E-state index < -0.39 is 18.5 Å². The zero-order valence-electron chi connectivity index (χ0n) is 18.6. The predicted octanol–water partition coefficient (Wildman–Crippen LogP) is 3.66. The number of hydrogen-bond donors (Lipinski definition) is 2. The monoisotopic (exact) mass is 509 g/mol. The third-order valence-electron chi connectivity index (χ3n) is 5.25. The number of fused-ring (bicyclic) bond motifs is 1. The molecule has 2 amide bonds. The van der Waals surface area contributed by atoms with Crippen molar-refractivity contribution in [1.29, 1.82) is 0 Å². The highest BCUT2D eigenvalue weighted by molar-refractivity contribution is 6.30. The van der Waals surface area contributed by atoms with Gasteiger partial charge in [-0.2, -0.15) is 5.10 Å². The molecule has 0 bridgehead atoms. The first-order valence-corrected chi connectivity index (χ1v) is 11.1. The van der Waals surface area contributed by atoms with E-state index in [0.717, 1.165) is 22.7 Å². The molecule has 3 aromatic heterocycles. The Labute approximate surface area is 208 Å². The lowest BCUT2D eigenvalue weighted by atomic mass is 10.2. The Morgan fingerprint density at radius 2 is 1.75 bits per heavy atom. The van der Waals surface area contributed by atoms with E-state index in [1.165, 1.54) is 23.1 Å². The number of carbonyl (C=O) groups excluding carboxylic acids is 1. The molecule has 5 rings (SSSR count). The Bertz CT molecular complexity index is 1550. The first-order valence-electron chi connectivity index (χ1n) is 10.7. The van der Waals surface area contributed by atoms with E-state index in [1.807, 2.05) is 30.3 Å². The molecule has 2 aromatic carbocycles. The van der Waals surface area contributed by atoms with Crippen molar-refractivity contribution in [2.45, 2.75) is 19.8 Å². The van der Waals surface area contributed by atoms with Gasteiger partial charge < -0.3 is 10.6 Å². The number of nitrogens with zero attached hydrogens (tertiary/aromatic N) is 7. The van der Waals surface area contributed by atoms with Crippen molar-refractivity contribution in [2.75, 3.05) is 0 Å². The molecule has 0 saturated heterocycles. The van der Waals surface area contributed by atoms with Crippen LogP contribution in [0.2, 0.25) is 5.02 Å². The largest absolute Gasteiger partial charge is 0.331 e. The zero-order valence-corrected chi connectivity index (χ0v) is 19.3. The molecule has 0 aliphatic rings. The van der Waals surface area contributed by atoms with Gasteiger partial charge in [0.1, 0.15) is 12.1 Å². The highest BCUT2D eigenvalue weighted by Gasteiger charge is 2.15. The van der Waals surface area contributed by atoms with Gasteiger partial charge in [-0.3, -0.25) is 4.98 Å². The molecule has 2 N–H and O–H groups in total. The smallest absolute Gasteiger partial charge is 0.315 e. The van der Waals surface area contributed by atoms with Gasteiger partial charge in [0.25, 0.3) is 0 Å². The van der Waals surface area contributed by atoms with Crippen LogP contribution in [0.1, 0.15) is 17.5 Å². The minimum atomic E-state index is -0.914. The fourth-order valence-corrected chi connectivity index (χ4v) is 3.67. The van der Waals surface area contributed by atoms with Crippen LogP contribution in [0.25, 0.3) is 22.3 Å². The highest BCUT2D eigenvalue weighted by atomic mass is 35.5. The lowest BCUT2D eigenvalue weighted by molar-refractivity contribution is 0.239. The Kier molecular flexibility index (Phi) is 6.50. The Hall–Kier alpha value is -4.45. The third kappa shape index (κ3) is 4.84. The topological polar surface area (TPSA) is 115 Å². The number of rotatable bonds is 7. The van der Waals surface area contributed by atoms with E-state index in [0.29, 0.717) is 11.5 Å². The average molecular weight is 510 g/mol. The molecule has 0 aliphatic carbocycles. The molecule has 5 aromatic rings. The molecule has 0 fully saturated rings. The number of halogens is 3. The number of urea groups is 1. The van der Waals surface area contributed by atoms with Crippen molar-refractivity contribution < 1.29 is 13.6 Å². The summed E-state index contributed by atoms with van der Waals surface area (Å²) in [6.45, 7) is -0.925. The molecule has 0 atom stereocenters. The Morgan fingerprint density at radius 3 is 2.56 bits per heavy atom. The number of pyridine rings is 1. The van der Waals surface area contributed by atoms with E-state index in [4.69, 9.17) is 11.6 Å². The lowest BCUT2D eigenvalue weighted by Crippen LogP contribution is -2.36. The minimum absolute atomic E-state index is 0.0589. The van der Waals surface area contributed by atoms with Crippen molar-refractivity contribution >= 4 is 28.5 Å². The minimum Gasteiger partial charge on any atom is -0.331 e. The summed E-state index contributed by atoms with van der Waals surface area (Å²) in [6.07, 6.45) is 3.10. The van der Waals surface area contributed by atoms with Gasteiger partial charge in [-0.25, -0.2) is 32.9 Å². The van der Waals surface area contributed by atoms with E-state index in [2.05, 4.69) is 35.8 Å². The summed E-state index contributed by atoms with van der Waals surface area (Å²) < 4.78 is 29.9. The molecule has 36 heavy (non-hydrogen) atoms. The van der Waals surface area contributed by atoms with Crippen molar-refractivity contribution in [2.24, 2.45) is 0 Å². The van der Waals surface area contributed by atoms with Crippen LogP contribution in [0, 0.1) is 5.82 Å². The van der Waals surface area contributed by atoms with Gasteiger partial charge in [-0.15, -0.1) is 5.10 Å². The summed E-state index contributed by atoms with van der Waals surface area (Å²) in [7, 11) is 0. The van der Waals surface area contributed by atoms with Gasteiger partial charge in [0.15, 0.2) is 24.1 Å². The molecular formula is C23H18ClF2N9O. The average Bonchev–Trinajstić information content (AvgIpc) is 3.54. The van der Waals surface area contributed by atoms with Crippen LogP contribution in [-0.2, 0) is 19.8 Å². The first kappa shape index (κ1) is 23.3. The standard InChI is InChI=1S/C23H18ClF2N9O/c24-17-6-5-15(8-18(17)26)35-22(32-20(10-25)33-35)12-29-23(36)28-11-21-30-13-31-34(21)16-4-3-14-2-1-7-27-19(14)9-16/h1-9,13H,10-12H2,(H2,28,29,36). The molecule has 0 radical (unpaired) electrons. The number of amides is 2. The second kappa shape index (κ2) is 10.0. The SMILES string of the molecule is O=C(NCc1ncnn1-c1ccc2cccnc2c1)NCc1nc(CF)nn1-c1ccc(Cl)c(F)c1. The Morgan fingerprint density at radius 1 is 0.972 bits per heavy atom. The second-order valence-electron chi connectivity index (χ2n) is 7.59. The summed E-state index contributed by atoms with van der Waals surface area (Å²) in [5.74, 6) is -0.0405. The maximum atomic E-state index is 13.9. The third-order valence-corrected chi connectivity index (χ3v) is 5.56. The summed E-state index contributed by atoms with van der Waals surface area (Å²) in [5, 5.41) is 14.5. The number of benzene rings is 2. The number of alkyl halides is 1. The fourth-order valence-electron chi connectivity index (χ4n) is 3.56. The number of carbonyl (C=O) groups is 1. The first-order chi connectivity index (χ1) is 17.5. The molecule has 13 heteroatoms. The molecule has 0 saturated carbocycles. The van der Waals surface area contributed by atoms with Gasteiger partial charge >= 0.3 is 6.03 Å². The molecular weight excluding hydrogens is 492 g/mol. The molecule has 10 nitrogen and oxygen atoms in total. The van der Waals surface area contributed by atoms with Crippen molar-refractivity contribution in [1.82, 2.24) is 45.1 Å². The quantitative estimate of drug-likeness (QED) is 0.346. The summed E-state index contributed by atoms with van der Waals surface area (Å²) >= 11 is 5.74. The molecule has 182 valence electrons. The van der Waals surface area contributed by atoms with Gasteiger partial charge in [-0.1, -0.05) is 23.7 Å². The summed E-state index contributed by atoms with van der Waals surface area (Å²) in [4.78, 5) is 25.1. The maximum absolute atomic E-state index is 13.9. The van der Waals surface area contributed by atoms with Crippen LogP contribution in [0.4, 0.5) is 13.6 Å². The summed E-state index contributed by atoms with van der Waals surface area (Å²) in [6, 6.07) is 13.0. The molecule has 0 spiro atoms. The van der Waals surface area contributed by atoms with Gasteiger partial charge in [0, 0.05) is 17.6 Å². The number of hydrogen-bond acceptors (Lipinski definition) is 6. The van der Waals surface area contributed by atoms with E-state index in [9.17, 15) is 13.6 Å². The lowest BCUT2D eigenvalue weighted by Gasteiger charge is -2.10. The molecule has 0 aliphatic heterocycles. The summed E-state index contributed by atoms with van der Waals surface area (Å²) in [5.41, 5.74) is 1.84. The molecule has 3 heterocycles. The normalized spacial score (nSPS) is 11.1. The van der Waals surface area contributed by atoms with Crippen molar-refractivity contribution in [3.63, 3.8) is 0 Å². The molecule has 0 unspecified atom stereocenters. The van der Waals surface area contributed by atoms with Gasteiger partial charge in [-0.05, 0) is 30.3 Å². The maximum Gasteiger partial charge on any atom is 0.315 e. The van der Waals surface area contributed by atoms with Crippen LogP contribution >= 0.6 is 11.6 Å². The number of nitrogens with one attached hydrogen (secondary N) is 2. The zero-order chi connectivity index (χ0) is 25.1. The van der Waals surface area contributed by atoms with Crippen LogP contribution in [0.3, 0.4) is 0 Å². The number of aromatic nitrogens is 7. The van der Waals surface area contributed by atoms with Crippen LogP contribution in [-0.4, -0.2) is 40.5 Å². The predicted molar refractivity (Wildman–Crippen MR) is 127 cm³/mol. The second-order valence-corrected chi connectivity index (χ2v) is 8.00. The van der Waals surface area contributed by atoms with Crippen LogP contribution < -0.4 is 10.6 Å². The van der Waals surface area contributed by atoms with E-state index in [-0.39, 0.29) is 29.8 Å². The van der Waals surface area contributed by atoms with Crippen molar-refractivity contribution in [3.05, 3.63) is 89.4 Å². The van der Waals surface area contributed by atoms with Gasteiger partial charge in [0.05, 0.1) is 35.0 Å². The van der Waals surface area contributed by atoms with Gasteiger partial charge in [0.2, 0.25) is 0 Å².